The number of fused-ring (bicyclic) bond motifs is 1. The van der Waals surface area contributed by atoms with Crippen LogP contribution >= 0.6 is 0 Å². The number of piperidine rings is 1. The van der Waals surface area contributed by atoms with Gasteiger partial charge in [-0.2, -0.15) is 5.10 Å². The molecule has 0 radical (unpaired) electrons. The van der Waals surface area contributed by atoms with Crippen LogP contribution in [-0.4, -0.2) is 68.8 Å². The van der Waals surface area contributed by atoms with Crippen LogP contribution in [0.15, 0.2) is 36.5 Å². The number of ketones is 1. The van der Waals surface area contributed by atoms with Gasteiger partial charge in [0.05, 0.1) is 18.2 Å². The fourth-order valence-electron chi connectivity index (χ4n) is 4.98. The third-order valence-corrected chi connectivity index (χ3v) is 7.32. The molecule has 0 spiro atoms. The van der Waals surface area contributed by atoms with Gasteiger partial charge < -0.3 is 20.1 Å². The molecule has 9 nitrogen and oxygen atoms in total. The molecule has 38 heavy (non-hydrogen) atoms. The van der Waals surface area contributed by atoms with Crippen molar-refractivity contribution in [2.45, 2.75) is 65.0 Å². The highest BCUT2D eigenvalue weighted by Crippen LogP contribution is 2.29. The number of nitrogens with one attached hydrogen (secondary N) is 1. The topological polar surface area (TPSA) is 110 Å². The van der Waals surface area contributed by atoms with E-state index in [1.54, 1.807) is 17.9 Å². The summed E-state index contributed by atoms with van der Waals surface area (Å²) in [6.07, 6.45) is 5.68. The zero-order valence-electron chi connectivity index (χ0n) is 22.9. The highest BCUT2D eigenvalue weighted by atomic mass is 16.5. The van der Waals surface area contributed by atoms with E-state index in [-0.39, 0.29) is 30.6 Å². The van der Waals surface area contributed by atoms with Crippen molar-refractivity contribution in [1.29, 1.82) is 0 Å². The smallest absolute Gasteiger partial charge is 0.244 e. The summed E-state index contributed by atoms with van der Waals surface area (Å²) in [6, 6.07) is 9.14. The van der Waals surface area contributed by atoms with E-state index in [4.69, 9.17) is 4.74 Å². The van der Waals surface area contributed by atoms with E-state index in [2.05, 4.69) is 22.3 Å². The zero-order chi connectivity index (χ0) is 27.3. The van der Waals surface area contributed by atoms with E-state index in [0.717, 1.165) is 43.2 Å². The number of Topliss-reactive ketones (excluding diaryl/α,β-unsaturated/α-hetero) is 1. The molecule has 2 N–H and O–H groups in total. The number of hydrogen-bond acceptors (Lipinski definition) is 7. The molecule has 4 rings (SSSR count). The number of aromatic nitrogens is 3. The number of likely N-dealkylation sites (tertiary alicyclic amines) is 1. The van der Waals surface area contributed by atoms with Gasteiger partial charge in [-0.05, 0) is 57.2 Å². The fraction of sp³-hybridized carbons (Fsp3) is 0.517. The van der Waals surface area contributed by atoms with Crippen LogP contribution in [0.3, 0.4) is 0 Å². The molecule has 2 aromatic heterocycles. The zero-order valence-corrected chi connectivity index (χ0v) is 22.9. The molecule has 1 aliphatic rings. The second-order valence-corrected chi connectivity index (χ2v) is 10.6. The normalized spacial score (nSPS) is 14.6. The Balaban J connectivity index is 1.44. The summed E-state index contributed by atoms with van der Waals surface area (Å²) < 4.78 is 7.22. The molecule has 1 saturated heterocycles. The number of methoxy groups -OCH3 is 1. The first-order valence-corrected chi connectivity index (χ1v) is 13.5. The molecular formula is C29H39N5O4. The number of hydrogen-bond donors (Lipinski definition) is 2. The molecule has 0 atom stereocenters. The number of carbonyl (C=O) groups excluding carboxylic acids is 2. The van der Waals surface area contributed by atoms with Crippen LogP contribution in [0.5, 0.6) is 5.75 Å². The summed E-state index contributed by atoms with van der Waals surface area (Å²) in [5.74, 6) is 1.38. The average molecular weight is 522 g/mol. The second kappa shape index (κ2) is 11.9. The lowest BCUT2D eigenvalue weighted by molar-refractivity contribution is -0.134. The van der Waals surface area contributed by atoms with Gasteiger partial charge in [0.25, 0.3) is 0 Å². The maximum atomic E-state index is 13.1. The van der Waals surface area contributed by atoms with E-state index in [1.807, 2.05) is 49.2 Å². The lowest BCUT2D eigenvalue weighted by Gasteiger charge is -2.37. The van der Waals surface area contributed by atoms with Gasteiger partial charge >= 0.3 is 0 Å². The van der Waals surface area contributed by atoms with E-state index >= 15 is 0 Å². The van der Waals surface area contributed by atoms with Gasteiger partial charge in [0, 0.05) is 49.3 Å². The molecule has 0 aliphatic carbocycles. The van der Waals surface area contributed by atoms with Crippen molar-refractivity contribution in [3.8, 4) is 5.75 Å². The number of unbranched alkanes of at least 4 members (excludes halogenated alkanes) is 1. The van der Waals surface area contributed by atoms with E-state index in [1.165, 1.54) is 0 Å². The summed E-state index contributed by atoms with van der Waals surface area (Å²) in [7, 11) is 1.57. The number of ether oxygens (including phenoxy) is 1. The lowest BCUT2D eigenvalue weighted by atomic mass is 9.83. The van der Waals surface area contributed by atoms with Crippen molar-refractivity contribution in [3.63, 3.8) is 0 Å². The molecule has 1 fully saturated rings. The van der Waals surface area contributed by atoms with Gasteiger partial charge in [-0.25, -0.2) is 4.98 Å². The molecule has 0 saturated carbocycles. The Morgan fingerprint density at radius 1 is 1.21 bits per heavy atom. The summed E-state index contributed by atoms with van der Waals surface area (Å²) in [5, 5.41) is 18.9. The van der Waals surface area contributed by atoms with Gasteiger partial charge in [-0.1, -0.05) is 19.4 Å². The number of rotatable bonds is 11. The summed E-state index contributed by atoms with van der Waals surface area (Å²) in [5.41, 5.74) is 1.13. The number of anilines is 1. The SMILES string of the molecule is CCCCNc1cccc(C(=O)Cc2cc3cn(CC(=O)N4CCC(C(C)(C)O)CC4)nc3cc2OC)n1. The number of carbonyl (C=O) groups is 2. The highest BCUT2D eigenvalue weighted by Gasteiger charge is 2.32. The van der Waals surface area contributed by atoms with E-state index in [0.29, 0.717) is 35.9 Å². The van der Waals surface area contributed by atoms with Crippen LogP contribution in [0, 0.1) is 5.92 Å². The first kappa shape index (κ1) is 27.6. The van der Waals surface area contributed by atoms with Crippen LogP contribution in [0.4, 0.5) is 5.82 Å². The van der Waals surface area contributed by atoms with Gasteiger partial charge in [0.15, 0.2) is 5.78 Å². The molecule has 0 bridgehead atoms. The van der Waals surface area contributed by atoms with Crippen LogP contribution < -0.4 is 10.1 Å². The molecular weight excluding hydrogens is 482 g/mol. The van der Waals surface area contributed by atoms with Crippen molar-refractivity contribution in [1.82, 2.24) is 19.7 Å². The second-order valence-electron chi connectivity index (χ2n) is 10.6. The van der Waals surface area contributed by atoms with Crippen molar-refractivity contribution >= 4 is 28.4 Å². The molecule has 3 aromatic rings. The number of aliphatic hydroxyl groups is 1. The van der Waals surface area contributed by atoms with Gasteiger partial charge in [-0.15, -0.1) is 0 Å². The molecule has 1 amide bonds. The van der Waals surface area contributed by atoms with Crippen LogP contribution in [-0.2, 0) is 17.8 Å². The third kappa shape index (κ3) is 6.69. The minimum Gasteiger partial charge on any atom is -0.496 e. The highest BCUT2D eigenvalue weighted by molar-refractivity contribution is 5.97. The molecule has 1 aliphatic heterocycles. The summed E-state index contributed by atoms with van der Waals surface area (Å²) >= 11 is 0. The van der Waals surface area contributed by atoms with Gasteiger partial charge in [0.1, 0.15) is 23.8 Å². The first-order valence-electron chi connectivity index (χ1n) is 13.5. The minimum absolute atomic E-state index is 0.00729. The monoisotopic (exact) mass is 521 g/mol. The molecule has 3 heterocycles. The fourth-order valence-corrected chi connectivity index (χ4v) is 4.98. The predicted octanol–water partition coefficient (Wildman–Crippen LogP) is 4.09. The maximum Gasteiger partial charge on any atom is 0.244 e. The van der Waals surface area contributed by atoms with Crippen molar-refractivity contribution in [2.24, 2.45) is 5.92 Å². The Kier molecular flexibility index (Phi) is 8.66. The average Bonchev–Trinajstić information content (AvgIpc) is 3.29. The Morgan fingerprint density at radius 2 is 1.97 bits per heavy atom. The first-order chi connectivity index (χ1) is 18.2. The minimum atomic E-state index is -0.725. The van der Waals surface area contributed by atoms with E-state index < -0.39 is 5.60 Å². The Bertz CT molecular complexity index is 1270. The predicted molar refractivity (Wildman–Crippen MR) is 148 cm³/mol. The standard InChI is InChI=1S/C29H39N5O4/c1-5-6-12-30-27-9-7-8-23(31-27)25(35)16-20-15-21-18-34(32-24(21)17-26(20)38-4)19-28(36)33-13-10-22(11-14-33)29(2,3)37/h7-9,15,17-18,22,37H,5-6,10-14,16,19H2,1-4H3,(H,30,31). The van der Waals surface area contributed by atoms with Gasteiger partial charge in [-0.3, -0.25) is 14.3 Å². The largest absolute Gasteiger partial charge is 0.496 e. The molecule has 9 heteroatoms. The third-order valence-electron chi connectivity index (χ3n) is 7.32. The summed E-state index contributed by atoms with van der Waals surface area (Å²) in [4.78, 5) is 32.3. The van der Waals surface area contributed by atoms with Crippen molar-refractivity contribution in [3.05, 3.63) is 47.8 Å². The number of benzene rings is 1. The summed E-state index contributed by atoms with van der Waals surface area (Å²) in [6.45, 7) is 8.02. The Labute approximate surface area is 224 Å². The van der Waals surface area contributed by atoms with Crippen molar-refractivity contribution in [2.75, 3.05) is 32.1 Å². The molecule has 0 unspecified atom stereocenters. The molecule has 204 valence electrons. The van der Waals surface area contributed by atoms with Crippen LogP contribution in [0.25, 0.3) is 10.9 Å². The number of nitrogens with zero attached hydrogens (tertiary/aromatic N) is 4. The Hall–Kier alpha value is -3.46. The van der Waals surface area contributed by atoms with Crippen LogP contribution in [0.1, 0.15) is 62.5 Å². The number of pyridine rings is 1. The molecule has 1 aromatic carbocycles. The maximum absolute atomic E-state index is 13.1. The number of amides is 1. The Morgan fingerprint density at radius 3 is 2.66 bits per heavy atom. The van der Waals surface area contributed by atoms with Gasteiger partial charge in [0.2, 0.25) is 5.91 Å². The lowest BCUT2D eigenvalue weighted by Crippen LogP contribution is -2.45. The van der Waals surface area contributed by atoms with Crippen molar-refractivity contribution < 1.29 is 19.4 Å². The van der Waals surface area contributed by atoms with Crippen LogP contribution in [0.2, 0.25) is 0 Å². The quantitative estimate of drug-likeness (QED) is 0.289. The van der Waals surface area contributed by atoms with E-state index in [9.17, 15) is 14.7 Å².